The van der Waals surface area contributed by atoms with Crippen molar-refractivity contribution < 1.29 is 0 Å². The van der Waals surface area contributed by atoms with Crippen molar-refractivity contribution >= 4 is 10.9 Å². The Morgan fingerprint density at radius 1 is 0.927 bits per heavy atom. The second kappa shape index (κ2) is 11.8. The van der Waals surface area contributed by atoms with E-state index in [0.29, 0.717) is 24.6 Å². The van der Waals surface area contributed by atoms with Crippen molar-refractivity contribution in [3.8, 4) is 0 Å². The zero-order chi connectivity index (χ0) is 28.3. The molecule has 1 aliphatic carbocycles. The lowest BCUT2D eigenvalue weighted by atomic mass is 9.99. The molecule has 1 N–H and O–H groups in total. The smallest absolute Gasteiger partial charge is 0.253 e. The van der Waals surface area contributed by atoms with Crippen molar-refractivity contribution in [2.75, 3.05) is 0 Å². The molecule has 1 atom stereocenters. The van der Waals surface area contributed by atoms with Gasteiger partial charge in [-0.25, -0.2) is 4.68 Å². The van der Waals surface area contributed by atoms with E-state index in [9.17, 15) is 4.79 Å². The number of pyridine rings is 1. The molecule has 0 unspecified atom stereocenters. The molecule has 3 aromatic carbocycles. The zero-order valence-electron chi connectivity index (χ0n) is 24.1. The molecule has 210 valence electrons. The molecule has 5 aromatic rings. The molecule has 0 bridgehead atoms. The third kappa shape index (κ3) is 5.72. The predicted octanol–water partition coefficient (Wildman–Crippen LogP) is 6.85. The zero-order valence-corrected chi connectivity index (χ0v) is 24.1. The molecule has 0 spiro atoms. The second-order valence-corrected chi connectivity index (χ2v) is 11.7. The number of rotatable bonds is 9. The number of aryl methyl sites for hydroxylation is 1. The number of fused-ring (bicyclic) bond motifs is 1. The van der Waals surface area contributed by atoms with E-state index in [-0.39, 0.29) is 11.6 Å². The number of aromatic amines is 1. The summed E-state index contributed by atoms with van der Waals surface area (Å²) in [6.45, 7) is 7.73. The van der Waals surface area contributed by atoms with Crippen LogP contribution in [0, 0.1) is 6.92 Å². The highest BCUT2D eigenvalue weighted by Gasteiger charge is 2.33. The molecule has 1 fully saturated rings. The van der Waals surface area contributed by atoms with Crippen LogP contribution in [0.25, 0.3) is 10.9 Å². The molecular formula is C34H38N6O. The third-order valence-electron chi connectivity index (χ3n) is 8.47. The summed E-state index contributed by atoms with van der Waals surface area (Å²) < 4.78 is 2.00. The number of hydrogen-bond donors (Lipinski definition) is 1. The second-order valence-electron chi connectivity index (χ2n) is 11.7. The molecule has 7 heteroatoms. The van der Waals surface area contributed by atoms with Crippen molar-refractivity contribution in [3.05, 3.63) is 123 Å². The fourth-order valence-electron chi connectivity index (χ4n) is 6.19. The van der Waals surface area contributed by atoms with Crippen LogP contribution in [0.2, 0.25) is 0 Å². The molecule has 0 aliphatic heterocycles. The highest BCUT2D eigenvalue weighted by Crippen LogP contribution is 2.35. The van der Waals surface area contributed by atoms with Crippen molar-refractivity contribution in [1.29, 1.82) is 0 Å². The van der Waals surface area contributed by atoms with Crippen molar-refractivity contribution in [2.45, 2.75) is 77.5 Å². The normalized spacial score (nSPS) is 14.9. The van der Waals surface area contributed by atoms with Gasteiger partial charge in [-0.3, -0.25) is 9.69 Å². The van der Waals surface area contributed by atoms with E-state index in [4.69, 9.17) is 0 Å². The average Bonchev–Trinajstić information content (AvgIpc) is 3.68. The third-order valence-corrected chi connectivity index (χ3v) is 8.47. The van der Waals surface area contributed by atoms with Crippen LogP contribution in [0.5, 0.6) is 0 Å². The molecular weight excluding hydrogens is 508 g/mol. The maximum Gasteiger partial charge on any atom is 0.253 e. The quantitative estimate of drug-likeness (QED) is 0.219. The number of benzene rings is 3. The number of nitrogens with zero attached hydrogens (tertiary/aromatic N) is 5. The van der Waals surface area contributed by atoms with E-state index >= 15 is 0 Å². The minimum atomic E-state index is -0.441. The van der Waals surface area contributed by atoms with Gasteiger partial charge in [0.15, 0.2) is 5.82 Å². The average molecular weight is 547 g/mol. The molecule has 1 aliphatic rings. The molecule has 6 rings (SSSR count). The topological polar surface area (TPSA) is 79.7 Å². The van der Waals surface area contributed by atoms with E-state index < -0.39 is 6.04 Å². The lowest BCUT2D eigenvalue weighted by molar-refractivity contribution is 0.190. The summed E-state index contributed by atoms with van der Waals surface area (Å²) in [6.07, 6.45) is 4.43. The fourth-order valence-corrected chi connectivity index (χ4v) is 6.19. The summed E-state index contributed by atoms with van der Waals surface area (Å²) in [4.78, 5) is 19.5. The Bertz CT molecular complexity index is 1670. The van der Waals surface area contributed by atoms with Crippen LogP contribution in [0.3, 0.4) is 0 Å². The molecule has 0 saturated heterocycles. The fraction of sp³-hybridized carbons (Fsp3) is 0.353. The summed E-state index contributed by atoms with van der Waals surface area (Å²) in [6, 6.07) is 27.2. The minimum absolute atomic E-state index is 0.106. The van der Waals surface area contributed by atoms with Gasteiger partial charge in [0.2, 0.25) is 0 Å². The summed E-state index contributed by atoms with van der Waals surface area (Å²) in [7, 11) is 0. The van der Waals surface area contributed by atoms with Crippen molar-refractivity contribution in [3.63, 3.8) is 0 Å². The van der Waals surface area contributed by atoms with Gasteiger partial charge in [-0.1, -0.05) is 99.5 Å². The van der Waals surface area contributed by atoms with E-state index in [0.717, 1.165) is 35.1 Å². The number of tetrazole rings is 1. The van der Waals surface area contributed by atoms with Crippen molar-refractivity contribution in [2.24, 2.45) is 0 Å². The first-order valence-electron chi connectivity index (χ1n) is 14.7. The van der Waals surface area contributed by atoms with Crippen LogP contribution >= 0.6 is 0 Å². The Morgan fingerprint density at radius 3 is 2.34 bits per heavy atom. The van der Waals surface area contributed by atoms with Crippen LogP contribution in [0.15, 0.2) is 83.7 Å². The Morgan fingerprint density at radius 2 is 1.63 bits per heavy atom. The molecule has 7 nitrogen and oxygen atoms in total. The highest BCUT2D eigenvalue weighted by molar-refractivity contribution is 5.82. The molecule has 1 saturated carbocycles. The number of H-pyrrole nitrogens is 1. The Kier molecular flexibility index (Phi) is 7.79. The number of hydrogen-bond acceptors (Lipinski definition) is 5. The number of nitrogens with one attached hydrogen (secondary N) is 1. The van der Waals surface area contributed by atoms with Gasteiger partial charge < -0.3 is 4.98 Å². The maximum atomic E-state index is 13.9. The van der Waals surface area contributed by atoms with Crippen LogP contribution in [0.4, 0.5) is 0 Å². The molecule has 2 heterocycles. The highest BCUT2D eigenvalue weighted by atomic mass is 16.1. The van der Waals surface area contributed by atoms with Gasteiger partial charge in [0.25, 0.3) is 5.56 Å². The first-order chi connectivity index (χ1) is 20.0. The minimum Gasteiger partial charge on any atom is -0.321 e. The van der Waals surface area contributed by atoms with Gasteiger partial charge in [0.05, 0.1) is 11.6 Å². The molecule has 0 radical (unpaired) electrons. The Labute approximate surface area is 241 Å². The molecule has 0 amide bonds. The van der Waals surface area contributed by atoms with Gasteiger partial charge in [-0.15, -0.1) is 5.10 Å². The standard InChI is InChI=1S/C34H38N6O/c1-23(2)27-18-16-26(17-19-27)22-39(21-25-11-5-4-6-12-25)32(33-36-37-38-40(33)29-14-7-8-15-29)30-20-28-13-9-10-24(3)31(28)35-34(30)41/h4-6,9-13,16-20,23,29,32H,7-8,14-15,21-22H2,1-3H3,(H,35,41)/t32-/m0/s1. The van der Waals surface area contributed by atoms with Crippen LogP contribution in [-0.2, 0) is 13.1 Å². The molecule has 41 heavy (non-hydrogen) atoms. The van der Waals surface area contributed by atoms with E-state index in [1.165, 1.54) is 29.5 Å². The number of para-hydroxylation sites is 1. The van der Waals surface area contributed by atoms with Crippen LogP contribution < -0.4 is 5.56 Å². The SMILES string of the molecule is Cc1cccc2cc([C@@H](c3nnnn3C3CCCC3)N(Cc3ccccc3)Cc3ccc(C(C)C)cc3)c(=O)[nH]c12. The monoisotopic (exact) mass is 546 g/mol. The largest absolute Gasteiger partial charge is 0.321 e. The van der Waals surface area contributed by atoms with Gasteiger partial charge in [-0.2, -0.15) is 0 Å². The maximum absolute atomic E-state index is 13.9. The number of aromatic nitrogens is 5. The van der Waals surface area contributed by atoms with Gasteiger partial charge in [0, 0.05) is 18.7 Å². The van der Waals surface area contributed by atoms with Gasteiger partial charge >= 0.3 is 0 Å². The lowest BCUT2D eigenvalue weighted by Crippen LogP contribution is -2.35. The summed E-state index contributed by atoms with van der Waals surface area (Å²) in [5, 5.41) is 14.3. The first-order valence-corrected chi connectivity index (χ1v) is 14.7. The summed E-state index contributed by atoms with van der Waals surface area (Å²) in [5.74, 6) is 1.19. The predicted molar refractivity (Wildman–Crippen MR) is 163 cm³/mol. The van der Waals surface area contributed by atoms with Gasteiger partial charge in [0.1, 0.15) is 6.04 Å². The van der Waals surface area contributed by atoms with Gasteiger partial charge in [-0.05, 0) is 69.8 Å². The summed E-state index contributed by atoms with van der Waals surface area (Å²) in [5.41, 5.74) is 6.14. The Hall–Kier alpha value is -4.10. The van der Waals surface area contributed by atoms with E-state index in [2.05, 4.69) is 93.9 Å². The van der Waals surface area contributed by atoms with E-state index in [1.54, 1.807) is 0 Å². The first kappa shape index (κ1) is 27.1. The van der Waals surface area contributed by atoms with Crippen LogP contribution in [-0.4, -0.2) is 30.1 Å². The Balaban J connectivity index is 1.52. The van der Waals surface area contributed by atoms with E-state index in [1.807, 2.05) is 35.9 Å². The lowest BCUT2D eigenvalue weighted by Gasteiger charge is -2.32. The van der Waals surface area contributed by atoms with Crippen LogP contribution in [0.1, 0.15) is 91.2 Å². The molecule has 2 aromatic heterocycles. The van der Waals surface area contributed by atoms with Crippen molar-refractivity contribution in [1.82, 2.24) is 30.1 Å². The summed E-state index contributed by atoms with van der Waals surface area (Å²) >= 11 is 0.